The summed E-state index contributed by atoms with van der Waals surface area (Å²) in [6.45, 7) is 11.1. The molecule has 1 aliphatic heterocycles. The number of ether oxygens (including phenoxy) is 7. The smallest absolute Gasteiger partial charge is 0.162 e. The fourth-order valence-corrected chi connectivity index (χ4v) is 8.79. The molecule has 0 radical (unpaired) electrons. The van der Waals surface area contributed by atoms with Crippen molar-refractivity contribution >= 4 is 23.2 Å². The van der Waals surface area contributed by atoms with Crippen LogP contribution in [-0.4, -0.2) is 169 Å². The zero-order valence-corrected chi connectivity index (χ0v) is 45.7. The van der Waals surface area contributed by atoms with Crippen LogP contribution < -0.4 is 39.4 Å². The lowest BCUT2D eigenvalue weighted by molar-refractivity contribution is 0.0853. The van der Waals surface area contributed by atoms with Gasteiger partial charge in [0.05, 0.1) is 38.8 Å². The number of rotatable bonds is 25. The Hall–Kier alpha value is -6.22. The molecule has 3 aromatic carbocycles. The second kappa shape index (κ2) is 29.2. The van der Waals surface area contributed by atoms with Gasteiger partial charge in [0.25, 0.3) is 0 Å². The van der Waals surface area contributed by atoms with E-state index in [9.17, 15) is 10.2 Å². The molecule has 1 aliphatic rings. The highest BCUT2D eigenvalue weighted by atomic mass is 35.5. The number of aromatic nitrogens is 5. The maximum Gasteiger partial charge on any atom is 0.162 e. The lowest BCUT2D eigenvalue weighted by atomic mass is 10.0. The van der Waals surface area contributed by atoms with Gasteiger partial charge in [0, 0.05) is 117 Å². The standard InChI is InChI=1S/C28H36ClN5O3.C28H38N4O6/c1-17-10-20(11-18(2)31-17)26-19(3)28(34(5)23-6-8-36-9-7-23)33-27(32-26)21-12-22(29)14-25(13-21)37-16-24(35)15-30-4;1-29-18-22(33)19-38-23-8-6-7-21(15-23)28-30-24(20-9-10-25(36-4)26(16-20)37-5)17-27(31-28)32(11-13-34-2)12-14-35-3/h10-14,23-24,30,35H,6-9,15-16H2,1-5H3;6-10,15-17,22,29,33H,11-14,18-19H2,1-5H3. The Morgan fingerprint density at radius 1 is 0.667 bits per heavy atom. The van der Waals surface area contributed by atoms with E-state index in [2.05, 4.69) is 51.5 Å². The normalized spacial score (nSPS) is 13.3. The third kappa shape index (κ3) is 16.6. The Balaban J connectivity index is 0.000000244. The van der Waals surface area contributed by atoms with Crippen LogP contribution in [0.3, 0.4) is 0 Å². The quantitative estimate of drug-likeness (QED) is 0.0447. The summed E-state index contributed by atoms with van der Waals surface area (Å²) in [7, 11) is 12.2. The first-order valence-corrected chi connectivity index (χ1v) is 25.5. The molecule has 18 nitrogen and oxygen atoms in total. The molecular formula is C56H74ClN9O9. The number of methoxy groups -OCH3 is 4. The van der Waals surface area contributed by atoms with Crippen LogP contribution in [0.15, 0.2) is 78.9 Å². The number of halogens is 1. The summed E-state index contributed by atoms with van der Waals surface area (Å²) in [4.78, 5) is 28.8. The number of hydrogen-bond donors (Lipinski definition) is 4. The van der Waals surface area contributed by atoms with E-state index in [1.54, 1.807) is 48.6 Å². The van der Waals surface area contributed by atoms with Gasteiger partial charge in [0.2, 0.25) is 0 Å². The van der Waals surface area contributed by atoms with Gasteiger partial charge in [-0.05, 0) is 108 Å². The Labute approximate surface area is 446 Å². The topological polar surface area (TPSA) is 200 Å². The van der Waals surface area contributed by atoms with E-state index in [0.29, 0.717) is 85.1 Å². The fourth-order valence-electron chi connectivity index (χ4n) is 8.56. The average molecular weight is 1050 g/mol. The minimum atomic E-state index is -0.632. The lowest BCUT2D eigenvalue weighted by Gasteiger charge is -2.33. The second-order valence-corrected chi connectivity index (χ2v) is 18.6. The van der Waals surface area contributed by atoms with Crippen molar-refractivity contribution in [2.75, 3.05) is 125 Å². The Kier molecular flexibility index (Phi) is 22.6. The van der Waals surface area contributed by atoms with Gasteiger partial charge < -0.3 is 63.8 Å². The predicted octanol–water partition coefficient (Wildman–Crippen LogP) is 7.24. The lowest BCUT2D eigenvalue weighted by Crippen LogP contribution is -2.37. The zero-order chi connectivity index (χ0) is 53.9. The molecule has 0 saturated carbocycles. The van der Waals surface area contributed by atoms with E-state index in [-0.39, 0.29) is 13.2 Å². The molecule has 4 N–H and O–H groups in total. The largest absolute Gasteiger partial charge is 0.493 e. The third-order valence-electron chi connectivity index (χ3n) is 12.4. The van der Waals surface area contributed by atoms with Gasteiger partial charge in [-0.2, -0.15) is 0 Å². The number of aryl methyl sites for hydroxylation is 2. The Bertz CT molecular complexity index is 2720. The summed E-state index contributed by atoms with van der Waals surface area (Å²) in [5.74, 6) is 5.14. The van der Waals surface area contributed by atoms with Crippen LogP contribution in [-0.2, 0) is 14.2 Å². The summed E-state index contributed by atoms with van der Waals surface area (Å²) >= 11 is 6.49. The Morgan fingerprint density at radius 2 is 1.29 bits per heavy atom. The molecule has 2 unspecified atom stereocenters. The van der Waals surface area contributed by atoms with Gasteiger partial charge >= 0.3 is 0 Å². The molecule has 0 aliphatic carbocycles. The molecule has 4 heterocycles. The van der Waals surface area contributed by atoms with E-state index in [1.165, 1.54) is 0 Å². The summed E-state index contributed by atoms with van der Waals surface area (Å²) in [5, 5.41) is 26.5. The molecule has 75 heavy (non-hydrogen) atoms. The van der Waals surface area contributed by atoms with Crippen LogP contribution in [0, 0.1) is 20.8 Å². The zero-order valence-electron chi connectivity index (χ0n) is 45.0. The summed E-state index contributed by atoms with van der Waals surface area (Å²) in [5.41, 5.74) is 7.86. The van der Waals surface area contributed by atoms with Crippen molar-refractivity contribution in [1.82, 2.24) is 35.6 Å². The van der Waals surface area contributed by atoms with Crippen molar-refractivity contribution in [2.45, 2.75) is 51.9 Å². The number of nitrogens with zero attached hydrogens (tertiary/aromatic N) is 7. The van der Waals surface area contributed by atoms with E-state index < -0.39 is 12.2 Å². The molecule has 0 amide bonds. The number of anilines is 2. The number of hydrogen-bond acceptors (Lipinski definition) is 18. The van der Waals surface area contributed by atoms with Crippen molar-refractivity contribution < 1.29 is 43.4 Å². The maximum absolute atomic E-state index is 10.1. The van der Waals surface area contributed by atoms with E-state index in [1.807, 2.05) is 74.5 Å². The summed E-state index contributed by atoms with van der Waals surface area (Å²) in [6.07, 6.45) is 0.646. The number of likely N-dealkylation sites (N-methyl/N-ethyl adjacent to an activating group) is 2. The molecule has 0 spiro atoms. The van der Waals surface area contributed by atoms with Gasteiger partial charge in [-0.3, -0.25) is 4.98 Å². The first-order valence-electron chi connectivity index (χ1n) is 25.1. The highest BCUT2D eigenvalue weighted by molar-refractivity contribution is 6.31. The monoisotopic (exact) mass is 1050 g/mol. The van der Waals surface area contributed by atoms with E-state index in [4.69, 9.17) is 64.7 Å². The second-order valence-electron chi connectivity index (χ2n) is 18.2. The predicted molar refractivity (Wildman–Crippen MR) is 295 cm³/mol. The SMILES string of the molecule is CNCC(O)COc1cc(Cl)cc(-c2nc(-c3cc(C)nc(C)c3)c(C)c(N(C)C3CCOCC3)n2)c1.CNCC(O)COc1cccc(-c2nc(-c3ccc(OC)c(OC)c3)cc(N(CCOC)CCOC)n2)c1. The van der Waals surface area contributed by atoms with Gasteiger partial charge in [-0.1, -0.05) is 23.7 Å². The number of benzene rings is 3. The molecule has 2 atom stereocenters. The van der Waals surface area contributed by atoms with Gasteiger partial charge in [0.1, 0.15) is 48.6 Å². The first-order chi connectivity index (χ1) is 36.3. The number of nitrogens with one attached hydrogen (secondary N) is 2. The molecule has 1 saturated heterocycles. The molecule has 19 heteroatoms. The fraction of sp³-hybridized carbons (Fsp3) is 0.446. The minimum Gasteiger partial charge on any atom is -0.493 e. The molecular weight excluding hydrogens is 978 g/mol. The van der Waals surface area contributed by atoms with Crippen LogP contribution in [0.5, 0.6) is 23.0 Å². The Morgan fingerprint density at radius 3 is 1.92 bits per heavy atom. The van der Waals surface area contributed by atoms with Crippen molar-refractivity contribution in [2.24, 2.45) is 0 Å². The molecule has 7 rings (SSSR count). The highest BCUT2D eigenvalue weighted by Crippen LogP contribution is 2.37. The summed E-state index contributed by atoms with van der Waals surface area (Å²) in [6, 6.07) is 25.1. The van der Waals surface area contributed by atoms with Crippen molar-refractivity contribution in [1.29, 1.82) is 0 Å². The van der Waals surface area contributed by atoms with Crippen molar-refractivity contribution in [3.8, 4) is 68.3 Å². The van der Waals surface area contributed by atoms with Crippen molar-refractivity contribution in [3.63, 3.8) is 0 Å². The van der Waals surface area contributed by atoms with Crippen LogP contribution in [0.2, 0.25) is 5.02 Å². The molecule has 1 fully saturated rings. The highest BCUT2D eigenvalue weighted by Gasteiger charge is 2.25. The molecule has 0 bridgehead atoms. The molecule has 6 aromatic rings. The average Bonchev–Trinajstić information content (AvgIpc) is 3.41. The van der Waals surface area contributed by atoms with Gasteiger partial charge in [-0.25, -0.2) is 19.9 Å². The maximum atomic E-state index is 10.1. The van der Waals surface area contributed by atoms with Crippen LogP contribution in [0.1, 0.15) is 29.8 Å². The van der Waals surface area contributed by atoms with Crippen LogP contribution >= 0.6 is 11.6 Å². The number of aliphatic hydroxyl groups is 2. The van der Waals surface area contributed by atoms with Crippen LogP contribution in [0.25, 0.3) is 45.3 Å². The molecule has 404 valence electrons. The molecule has 3 aromatic heterocycles. The van der Waals surface area contributed by atoms with Gasteiger partial charge in [0.15, 0.2) is 23.1 Å². The summed E-state index contributed by atoms with van der Waals surface area (Å²) < 4.78 is 38.9. The van der Waals surface area contributed by atoms with Crippen molar-refractivity contribution in [3.05, 3.63) is 101 Å². The van der Waals surface area contributed by atoms with Gasteiger partial charge in [-0.15, -0.1) is 0 Å². The third-order valence-corrected chi connectivity index (χ3v) is 12.6. The minimum absolute atomic E-state index is 0.147. The van der Waals surface area contributed by atoms with E-state index >= 15 is 0 Å². The first kappa shape index (κ1) is 58.0. The van der Waals surface area contributed by atoms with E-state index in [0.717, 1.165) is 88.3 Å². The van der Waals surface area contributed by atoms with Crippen LogP contribution in [0.4, 0.5) is 11.6 Å². The number of aliphatic hydroxyl groups excluding tert-OH is 2. The number of pyridine rings is 1.